The summed E-state index contributed by atoms with van der Waals surface area (Å²) in [6, 6.07) is 0. The van der Waals surface area contributed by atoms with E-state index in [0.717, 1.165) is 0 Å². The molecule has 2 aromatic rings. The van der Waals surface area contributed by atoms with E-state index < -0.39 is 24.5 Å². The normalized spacial score (nSPS) is 29.1. The number of ether oxygens (including phenoxy) is 2. The minimum absolute atomic E-state index is 0.193. The molecule has 21 heavy (non-hydrogen) atoms. The maximum absolute atomic E-state index is 10.2. The van der Waals surface area contributed by atoms with Crippen LogP contribution >= 0.6 is 0 Å². The molecule has 4 atom stereocenters. The Kier molecular flexibility index (Phi) is 3.72. The molecule has 1 saturated heterocycles. The van der Waals surface area contributed by atoms with E-state index in [1.165, 1.54) is 19.8 Å². The minimum atomic E-state index is -1.09. The number of fused-ring (bicyclic) bond motifs is 1. The summed E-state index contributed by atoms with van der Waals surface area (Å²) >= 11 is 0. The smallest absolute Gasteiger partial charge is 0.167 e. The fraction of sp³-hybridized carbons (Fsp3) is 0.583. The van der Waals surface area contributed by atoms with Crippen LogP contribution in [-0.4, -0.2) is 68.8 Å². The second kappa shape index (κ2) is 5.53. The Bertz CT molecular complexity index is 633. The number of aliphatic hydroxyl groups excluding tert-OH is 2. The second-order valence-corrected chi connectivity index (χ2v) is 4.80. The van der Waals surface area contributed by atoms with Gasteiger partial charge in [0.15, 0.2) is 17.7 Å². The van der Waals surface area contributed by atoms with Crippen LogP contribution in [0.5, 0.6) is 0 Å². The van der Waals surface area contributed by atoms with Crippen LogP contribution in [0.25, 0.3) is 11.2 Å². The van der Waals surface area contributed by atoms with Crippen LogP contribution < -0.4 is 5.32 Å². The highest BCUT2D eigenvalue weighted by molar-refractivity contribution is 5.82. The zero-order valence-corrected chi connectivity index (χ0v) is 11.7. The molecule has 114 valence electrons. The molecule has 1 aliphatic rings. The Hall–Kier alpha value is -1.81. The highest BCUT2D eigenvalue weighted by Crippen LogP contribution is 2.32. The molecule has 1 fully saturated rings. The highest BCUT2D eigenvalue weighted by Gasteiger charge is 2.44. The first-order valence-electron chi connectivity index (χ1n) is 6.53. The number of imidazole rings is 1. The van der Waals surface area contributed by atoms with Crippen molar-refractivity contribution in [3.8, 4) is 0 Å². The van der Waals surface area contributed by atoms with Gasteiger partial charge in [0.2, 0.25) is 0 Å². The van der Waals surface area contributed by atoms with Crippen molar-refractivity contribution in [1.82, 2.24) is 19.5 Å². The molecule has 0 aromatic carbocycles. The van der Waals surface area contributed by atoms with Crippen molar-refractivity contribution in [2.45, 2.75) is 24.5 Å². The van der Waals surface area contributed by atoms with Gasteiger partial charge in [-0.1, -0.05) is 0 Å². The number of anilines is 1. The number of aliphatic hydroxyl groups is 2. The zero-order valence-electron chi connectivity index (χ0n) is 11.7. The van der Waals surface area contributed by atoms with Gasteiger partial charge in [-0.2, -0.15) is 0 Å². The van der Waals surface area contributed by atoms with E-state index in [9.17, 15) is 10.2 Å². The average Bonchev–Trinajstić information content (AvgIpc) is 3.04. The topological polar surface area (TPSA) is 115 Å². The van der Waals surface area contributed by atoms with Crippen LogP contribution in [0.15, 0.2) is 12.7 Å². The van der Waals surface area contributed by atoms with Crippen LogP contribution in [0.4, 0.5) is 5.82 Å². The lowest BCUT2D eigenvalue weighted by molar-refractivity contribution is -0.0580. The lowest BCUT2D eigenvalue weighted by Crippen LogP contribution is -2.33. The summed E-state index contributed by atoms with van der Waals surface area (Å²) in [6.45, 7) is 0.193. The first-order valence-corrected chi connectivity index (χ1v) is 6.53. The van der Waals surface area contributed by atoms with Gasteiger partial charge in [-0.15, -0.1) is 0 Å². The number of nitrogens with zero attached hydrogens (tertiary/aromatic N) is 4. The molecule has 0 saturated carbocycles. The highest BCUT2D eigenvalue weighted by atomic mass is 16.6. The van der Waals surface area contributed by atoms with Gasteiger partial charge in [-0.3, -0.25) is 4.57 Å². The molecule has 3 N–H and O–H groups in total. The molecular weight excluding hydrogens is 278 g/mol. The van der Waals surface area contributed by atoms with Crippen LogP contribution in [0.3, 0.4) is 0 Å². The van der Waals surface area contributed by atoms with Gasteiger partial charge in [0.05, 0.1) is 12.9 Å². The predicted molar refractivity (Wildman–Crippen MR) is 72.7 cm³/mol. The summed E-state index contributed by atoms with van der Waals surface area (Å²) in [5, 5.41) is 23.1. The van der Waals surface area contributed by atoms with E-state index in [4.69, 9.17) is 9.47 Å². The van der Waals surface area contributed by atoms with E-state index >= 15 is 0 Å². The largest absolute Gasteiger partial charge is 0.387 e. The standard InChI is InChI=1S/C12H17N5O4/c1-13-10-7-11(15-4-14-10)17(5-16-7)12-9(19)8(18)6(21-12)3-20-2/h4-6,8-9,12,18-19H,3H2,1-2H3,(H,13,14,15)/t6-,8-,9-,12-/m1/s1. The molecule has 1 aliphatic heterocycles. The predicted octanol–water partition coefficient (Wildman–Crippen LogP) is -0.866. The number of rotatable bonds is 4. The summed E-state index contributed by atoms with van der Waals surface area (Å²) in [7, 11) is 3.24. The first-order chi connectivity index (χ1) is 10.2. The number of methoxy groups -OCH3 is 1. The molecule has 3 rings (SSSR count). The van der Waals surface area contributed by atoms with E-state index in [2.05, 4.69) is 20.3 Å². The summed E-state index contributed by atoms with van der Waals surface area (Å²) < 4.78 is 12.2. The van der Waals surface area contributed by atoms with E-state index in [0.29, 0.717) is 17.0 Å². The van der Waals surface area contributed by atoms with Crippen molar-refractivity contribution in [1.29, 1.82) is 0 Å². The van der Waals surface area contributed by atoms with Crippen LogP contribution in [-0.2, 0) is 9.47 Å². The molecule has 0 aliphatic carbocycles. The summed E-state index contributed by atoms with van der Waals surface area (Å²) in [6.07, 6.45) is -0.580. The zero-order chi connectivity index (χ0) is 15.0. The second-order valence-electron chi connectivity index (χ2n) is 4.80. The van der Waals surface area contributed by atoms with Crippen molar-refractivity contribution in [2.24, 2.45) is 0 Å². The number of nitrogens with one attached hydrogen (secondary N) is 1. The van der Waals surface area contributed by atoms with Crippen molar-refractivity contribution in [3.05, 3.63) is 12.7 Å². The number of aromatic nitrogens is 4. The summed E-state index contributed by atoms with van der Waals surface area (Å²) in [5.41, 5.74) is 1.09. The minimum Gasteiger partial charge on any atom is -0.387 e. The Labute approximate surface area is 120 Å². The molecule has 0 bridgehead atoms. The van der Waals surface area contributed by atoms with Crippen molar-refractivity contribution in [2.75, 3.05) is 26.1 Å². The summed E-state index contributed by atoms with van der Waals surface area (Å²) in [4.78, 5) is 12.5. The fourth-order valence-electron chi connectivity index (χ4n) is 2.48. The monoisotopic (exact) mass is 295 g/mol. The molecule has 3 heterocycles. The van der Waals surface area contributed by atoms with Gasteiger partial charge in [0.25, 0.3) is 0 Å². The first kappa shape index (κ1) is 14.1. The number of hydrogen-bond acceptors (Lipinski definition) is 8. The molecule has 0 unspecified atom stereocenters. The van der Waals surface area contributed by atoms with Gasteiger partial charge in [-0.25, -0.2) is 15.0 Å². The lowest BCUT2D eigenvalue weighted by Gasteiger charge is -2.16. The Morgan fingerprint density at radius 2 is 2.14 bits per heavy atom. The van der Waals surface area contributed by atoms with Gasteiger partial charge >= 0.3 is 0 Å². The quantitative estimate of drug-likeness (QED) is 0.667. The van der Waals surface area contributed by atoms with Crippen molar-refractivity contribution >= 4 is 17.0 Å². The Balaban J connectivity index is 1.98. The van der Waals surface area contributed by atoms with Crippen molar-refractivity contribution in [3.63, 3.8) is 0 Å². The third-order valence-corrected chi connectivity index (χ3v) is 3.54. The maximum atomic E-state index is 10.2. The third kappa shape index (κ3) is 2.23. The van der Waals surface area contributed by atoms with Crippen LogP contribution in [0, 0.1) is 0 Å². The van der Waals surface area contributed by atoms with Crippen LogP contribution in [0.1, 0.15) is 6.23 Å². The van der Waals surface area contributed by atoms with E-state index in [1.807, 2.05) is 0 Å². The molecule has 9 nitrogen and oxygen atoms in total. The Morgan fingerprint density at radius 3 is 2.86 bits per heavy atom. The van der Waals surface area contributed by atoms with E-state index in [1.54, 1.807) is 11.6 Å². The molecule has 9 heteroatoms. The maximum Gasteiger partial charge on any atom is 0.167 e. The third-order valence-electron chi connectivity index (χ3n) is 3.54. The molecule has 0 radical (unpaired) electrons. The average molecular weight is 295 g/mol. The SMILES string of the molecule is CNc1ncnc2c1ncn2[C@@H]1O[C@H](COC)[C@@H](O)[C@H]1O. The Morgan fingerprint density at radius 1 is 1.33 bits per heavy atom. The van der Waals surface area contributed by atoms with Crippen LogP contribution in [0.2, 0.25) is 0 Å². The molecule has 0 spiro atoms. The molecular formula is C12H17N5O4. The van der Waals surface area contributed by atoms with Gasteiger partial charge < -0.3 is 25.0 Å². The van der Waals surface area contributed by atoms with Gasteiger partial charge in [0, 0.05) is 14.2 Å². The van der Waals surface area contributed by atoms with Gasteiger partial charge in [-0.05, 0) is 0 Å². The summed E-state index contributed by atoms with van der Waals surface area (Å²) in [5.74, 6) is 0.584. The van der Waals surface area contributed by atoms with Gasteiger partial charge in [0.1, 0.15) is 30.2 Å². The lowest BCUT2D eigenvalue weighted by atomic mass is 10.1. The fourth-order valence-corrected chi connectivity index (χ4v) is 2.48. The molecule has 0 amide bonds. The van der Waals surface area contributed by atoms with Crippen molar-refractivity contribution < 1.29 is 19.7 Å². The molecule has 2 aromatic heterocycles. The number of hydrogen-bond donors (Lipinski definition) is 3. The van der Waals surface area contributed by atoms with E-state index in [-0.39, 0.29) is 6.61 Å².